The maximum atomic E-state index is 13.6. The van der Waals surface area contributed by atoms with Gasteiger partial charge in [0.05, 0.1) is 12.9 Å². The second kappa shape index (κ2) is 17.1. The van der Waals surface area contributed by atoms with Crippen LogP contribution in [0, 0.1) is 0 Å². The summed E-state index contributed by atoms with van der Waals surface area (Å²) in [6.07, 6.45) is 9.74. The first-order valence-electron chi connectivity index (χ1n) is 16.5. The van der Waals surface area contributed by atoms with Crippen LogP contribution in [0.15, 0.2) is 89.7 Å². The average Bonchev–Trinajstić information content (AvgIpc) is 3.44. The highest BCUT2D eigenvalue weighted by Crippen LogP contribution is 2.33. The zero-order valence-electron chi connectivity index (χ0n) is 27.3. The van der Waals surface area contributed by atoms with Crippen LogP contribution in [0.25, 0.3) is 17.2 Å². The van der Waals surface area contributed by atoms with Crippen molar-refractivity contribution in [3.8, 4) is 16.9 Å². The zero-order chi connectivity index (χ0) is 32.1. The molecule has 1 N–H and O–H groups in total. The van der Waals surface area contributed by atoms with Crippen LogP contribution >= 0.6 is 11.8 Å². The summed E-state index contributed by atoms with van der Waals surface area (Å²) in [7, 11) is 0. The molecule has 1 aliphatic heterocycles. The van der Waals surface area contributed by atoms with E-state index in [-0.39, 0.29) is 5.91 Å². The first-order chi connectivity index (χ1) is 22.6. The number of thioether (sulfide) groups is 1. The number of imidazole rings is 1. The van der Waals surface area contributed by atoms with E-state index in [1.165, 1.54) is 11.4 Å². The Kier molecular flexibility index (Phi) is 12.4. The van der Waals surface area contributed by atoms with E-state index in [1.54, 1.807) is 11.8 Å². The minimum atomic E-state index is -0.0528. The Labute approximate surface area is 278 Å². The van der Waals surface area contributed by atoms with Crippen LogP contribution in [0.4, 0.5) is 11.4 Å². The molecule has 2 heterocycles. The van der Waals surface area contributed by atoms with Crippen molar-refractivity contribution in [3.63, 3.8) is 0 Å². The third-order valence-corrected chi connectivity index (χ3v) is 8.97. The Morgan fingerprint density at radius 2 is 1.67 bits per heavy atom. The van der Waals surface area contributed by atoms with Gasteiger partial charge in [0.1, 0.15) is 12.4 Å². The molecule has 1 aromatic heterocycles. The number of aryl methyl sites for hydroxylation is 1. The van der Waals surface area contributed by atoms with Crippen LogP contribution in [-0.2, 0) is 21.8 Å². The quantitative estimate of drug-likeness (QED) is 0.0978. The molecule has 3 aromatic carbocycles. The van der Waals surface area contributed by atoms with Gasteiger partial charge in [-0.05, 0) is 97.0 Å². The highest BCUT2D eigenvalue weighted by atomic mass is 32.2. The van der Waals surface area contributed by atoms with Crippen molar-refractivity contribution in [2.75, 3.05) is 43.1 Å². The van der Waals surface area contributed by atoms with E-state index in [1.807, 2.05) is 36.8 Å². The first kappa shape index (κ1) is 33.4. The Morgan fingerprint density at radius 3 is 2.43 bits per heavy atom. The molecule has 242 valence electrons. The largest absolute Gasteiger partial charge is 0.491 e. The summed E-state index contributed by atoms with van der Waals surface area (Å²) < 4.78 is 13.6. The molecule has 0 bridgehead atoms. The topological polar surface area (TPSA) is 68.6 Å². The zero-order valence-corrected chi connectivity index (χ0v) is 28.2. The number of anilines is 2. The van der Waals surface area contributed by atoms with Crippen molar-refractivity contribution in [1.29, 1.82) is 0 Å². The van der Waals surface area contributed by atoms with Crippen molar-refractivity contribution in [1.82, 2.24) is 9.55 Å². The number of benzene rings is 3. The monoisotopic (exact) mass is 638 g/mol. The number of nitrogens with one attached hydrogen (secondary N) is 1. The molecular formula is C38H46N4O3S. The number of carbonyl (C=O) groups is 1. The lowest BCUT2D eigenvalue weighted by Crippen LogP contribution is -2.26. The minimum absolute atomic E-state index is 0.0528. The van der Waals surface area contributed by atoms with Crippen LogP contribution in [0.1, 0.15) is 57.7 Å². The second-order valence-corrected chi connectivity index (χ2v) is 12.6. The molecule has 0 aliphatic carbocycles. The summed E-state index contributed by atoms with van der Waals surface area (Å²) in [5, 5.41) is 3.15. The molecule has 8 heteroatoms. The highest BCUT2D eigenvalue weighted by Gasteiger charge is 2.20. The van der Waals surface area contributed by atoms with Gasteiger partial charge in [-0.2, -0.15) is 0 Å². The van der Waals surface area contributed by atoms with Gasteiger partial charge in [0.2, 0.25) is 0 Å². The molecular weight excluding hydrogens is 593 g/mol. The molecule has 46 heavy (non-hydrogen) atoms. The maximum absolute atomic E-state index is 13.6. The van der Waals surface area contributed by atoms with Gasteiger partial charge in [-0.1, -0.05) is 39.0 Å². The van der Waals surface area contributed by atoms with E-state index in [0.29, 0.717) is 19.6 Å². The van der Waals surface area contributed by atoms with Crippen LogP contribution in [0.2, 0.25) is 0 Å². The fourth-order valence-electron chi connectivity index (χ4n) is 5.58. The Morgan fingerprint density at radius 1 is 0.891 bits per heavy atom. The van der Waals surface area contributed by atoms with Gasteiger partial charge in [-0.25, -0.2) is 4.98 Å². The van der Waals surface area contributed by atoms with E-state index in [2.05, 4.69) is 89.1 Å². The molecule has 0 saturated heterocycles. The molecule has 0 spiro atoms. The van der Waals surface area contributed by atoms with Crippen molar-refractivity contribution < 1.29 is 14.3 Å². The SMILES string of the molecule is CCCOCCOc1ccc(-c2ccc3c(c2)C=C(C(=O)Nc2ccc(SCc4cncn4CCC)cc2)CCN3CCC)cc1. The van der Waals surface area contributed by atoms with Crippen molar-refractivity contribution >= 4 is 35.1 Å². The number of hydrogen-bond acceptors (Lipinski definition) is 6. The van der Waals surface area contributed by atoms with Gasteiger partial charge >= 0.3 is 0 Å². The fraction of sp³-hybridized carbons (Fsp3) is 0.368. The van der Waals surface area contributed by atoms with E-state index in [0.717, 1.165) is 89.9 Å². The molecule has 4 aromatic rings. The van der Waals surface area contributed by atoms with Crippen LogP contribution < -0.4 is 15.0 Å². The predicted molar refractivity (Wildman–Crippen MR) is 191 cm³/mol. The summed E-state index contributed by atoms with van der Waals surface area (Å²) >= 11 is 1.78. The molecule has 0 radical (unpaired) electrons. The molecule has 5 rings (SSSR count). The lowest BCUT2D eigenvalue weighted by molar-refractivity contribution is -0.112. The van der Waals surface area contributed by atoms with E-state index in [9.17, 15) is 4.79 Å². The highest BCUT2D eigenvalue weighted by molar-refractivity contribution is 7.98. The van der Waals surface area contributed by atoms with Gasteiger partial charge in [0.15, 0.2) is 0 Å². The van der Waals surface area contributed by atoms with Crippen molar-refractivity contribution in [3.05, 3.63) is 96.1 Å². The van der Waals surface area contributed by atoms with E-state index in [4.69, 9.17) is 9.47 Å². The number of hydrogen-bond donors (Lipinski definition) is 1. The van der Waals surface area contributed by atoms with Crippen molar-refractivity contribution in [2.45, 2.75) is 63.6 Å². The molecule has 0 fully saturated rings. The van der Waals surface area contributed by atoms with Crippen LogP contribution in [-0.4, -0.2) is 48.4 Å². The number of aromatic nitrogens is 2. The van der Waals surface area contributed by atoms with Crippen LogP contribution in [0.5, 0.6) is 5.75 Å². The van der Waals surface area contributed by atoms with Crippen LogP contribution in [0.3, 0.4) is 0 Å². The third-order valence-electron chi connectivity index (χ3n) is 7.93. The Balaban J connectivity index is 1.26. The minimum Gasteiger partial charge on any atom is -0.491 e. The maximum Gasteiger partial charge on any atom is 0.251 e. The molecule has 0 saturated carbocycles. The molecule has 1 aliphatic rings. The van der Waals surface area contributed by atoms with Crippen molar-refractivity contribution in [2.24, 2.45) is 0 Å². The summed E-state index contributed by atoms with van der Waals surface area (Å²) in [6, 6.07) is 22.9. The van der Waals surface area contributed by atoms with Gasteiger partial charge in [0.25, 0.3) is 5.91 Å². The molecule has 0 unspecified atom stereocenters. The lowest BCUT2D eigenvalue weighted by atomic mass is 10.00. The van der Waals surface area contributed by atoms with Gasteiger partial charge in [-0.3, -0.25) is 4.79 Å². The smallest absolute Gasteiger partial charge is 0.251 e. The molecule has 0 atom stereocenters. The number of rotatable bonds is 16. The van der Waals surface area contributed by atoms with Gasteiger partial charge in [-0.15, -0.1) is 11.8 Å². The first-order valence-corrected chi connectivity index (χ1v) is 17.5. The number of fused-ring (bicyclic) bond motifs is 1. The third kappa shape index (κ3) is 9.04. The van der Waals surface area contributed by atoms with E-state index >= 15 is 0 Å². The van der Waals surface area contributed by atoms with Gasteiger partial charge < -0.3 is 24.3 Å². The predicted octanol–water partition coefficient (Wildman–Crippen LogP) is 8.70. The summed E-state index contributed by atoms with van der Waals surface area (Å²) in [6.45, 7) is 11.1. The van der Waals surface area contributed by atoms with E-state index < -0.39 is 0 Å². The summed E-state index contributed by atoms with van der Waals surface area (Å²) in [5.41, 5.74) is 7.26. The standard InChI is InChI=1S/C38H46N4O3S/c1-4-18-41-20-17-31(38(43)40-33-10-14-36(15-11-33)46-27-34-26-39-28-42(34)19-5-2)25-32-24-30(9-16-37(32)41)29-7-12-35(13-8-29)45-23-22-44-21-6-3/h7-16,24-26,28H,4-6,17-23,27H2,1-3H3,(H,40,43). The summed E-state index contributed by atoms with van der Waals surface area (Å²) in [5.74, 6) is 1.64. The number of ether oxygens (including phenoxy) is 2. The summed E-state index contributed by atoms with van der Waals surface area (Å²) in [4.78, 5) is 21.4. The molecule has 7 nitrogen and oxygen atoms in total. The number of nitrogens with zero attached hydrogens (tertiary/aromatic N) is 3. The normalized spacial score (nSPS) is 12.8. The number of amides is 1. The Bertz CT molecular complexity index is 1580. The van der Waals surface area contributed by atoms with Gasteiger partial charge in [0, 0.05) is 65.7 Å². The second-order valence-electron chi connectivity index (χ2n) is 11.5. The fourth-order valence-corrected chi connectivity index (χ4v) is 6.46. The average molecular weight is 639 g/mol. The lowest BCUT2D eigenvalue weighted by Gasteiger charge is -2.25. The molecule has 1 amide bonds. The Hall–Kier alpha value is -4.01. The number of carbonyl (C=O) groups excluding carboxylic acids is 1.